The molecule has 8 heteroatoms. The SMILES string of the molecule is Cc1ncc(S(=O)(=O)N(C)C2(CC(=O)O)CCCCC2)[nH]1. The number of imidazole rings is 1. The molecule has 1 saturated carbocycles. The van der Waals surface area contributed by atoms with Gasteiger partial charge >= 0.3 is 5.97 Å². The number of carboxylic acid groups (broad SMARTS) is 1. The van der Waals surface area contributed by atoms with E-state index < -0.39 is 21.5 Å². The minimum absolute atomic E-state index is 0.0119. The van der Waals surface area contributed by atoms with Crippen LogP contribution in [0.25, 0.3) is 0 Å². The fraction of sp³-hybridized carbons (Fsp3) is 0.692. The number of H-pyrrole nitrogens is 1. The summed E-state index contributed by atoms with van der Waals surface area (Å²) >= 11 is 0. The van der Waals surface area contributed by atoms with Crippen molar-refractivity contribution in [2.45, 2.75) is 56.0 Å². The average molecular weight is 315 g/mol. The fourth-order valence-corrected chi connectivity index (χ4v) is 4.54. The lowest BCUT2D eigenvalue weighted by Crippen LogP contribution is -2.52. The number of carboxylic acids is 1. The summed E-state index contributed by atoms with van der Waals surface area (Å²) in [5.41, 5.74) is -0.845. The van der Waals surface area contributed by atoms with E-state index >= 15 is 0 Å². The van der Waals surface area contributed by atoms with Crippen molar-refractivity contribution in [1.29, 1.82) is 0 Å². The Labute approximate surface area is 124 Å². The molecule has 1 aromatic heterocycles. The van der Waals surface area contributed by atoms with Crippen LogP contribution in [-0.2, 0) is 14.8 Å². The van der Waals surface area contributed by atoms with Crippen LogP contribution in [0.5, 0.6) is 0 Å². The topological polar surface area (TPSA) is 103 Å². The van der Waals surface area contributed by atoms with Gasteiger partial charge in [0.25, 0.3) is 10.0 Å². The molecule has 0 amide bonds. The molecule has 2 rings (SSSR count). The van der Waals surface area contributed by atoms with E-state index in [-0.39, 0.29) is 11.4 Å². The van der Waals surface area contributed by atoms with Crippen molar-refractivity contribution >= 4 is 16.0 Å². The first-order valence-corrected chi connectivity index (χ1v) is 8.44. The normalized spacial score (nSPS) is 18.8. The Bertz CT molecular complexity index is 617. The molecule has 1 fully saturated rings. The Morgan fingerprint density at radius 1 is 1.43 bits per heavy atom. The fourth-order valence-electron chi connectivity index (χ4n) is 3.03. The summed E-state index contributed by atoms with van der Waals surface area (Å²) in [7, 11) is -2.30. The molecule has 0 aromatic carbocycles. The second-order valence-corrected chi connectivity index (χ2v) is 7.60. The number of aromatic amines is 1. The van der Waals surface area contributed by atoms with Gasteiger partial charge in [-0.3, -0.25) is 4.79 Å². The summed E-state index contributed by atoms with van der Waals surface area (Å²) < 4.78 is 26.6. The van der Waals surface area contributed by atoms with Crippen LogP contribution in [-0.4, -0.2) is 46.4 Å². The Morgan fingerprint density at radius 3 is 2.52 bits per heavy atom. The van der Waals surface area contributed by atoms with E-state index in [1.165, 1.54) is 17.5 Å². The van der Waals surface area contributed by atoms with Crippen LogP contribution in [0, 0.1) is 6.92 Å². The molecule has 21 heavy (non-hydrogen) atoms. The predicted molar refractivity (Wildman–Crippen MR) is 76.3 cm³/mol. The molecule has 7 nitrogen and oxygen atoms in total. The van der Waals surface area contributed by atoms with E-state index in [0.29, 0.717) is 18.7 Å². The maximum absolute atomic E-state index is 12.7. The summed E-state index contributed by atoms with van der Waals surface area (Å²) in [6.07, 6.45) is 4.95. The minimum Gasteiger partial charge on any atom is -0.481 e. The predicted octanol–water partition coefficient (Wildman–Crippen LogP) is 1.52. The van der Waals surface area contributed by atoms with Crippen molar-refractivity contribution in [2.24, 2.45) is 0 Å². The molecular formula is C13H21N3O4S. The third kappa shape index (κ3) is 3.11. The molecule has 0 atom stereocenters. The van der Waals surface area contributed by atoms with E-state index in [1.807, 2.05) is 0 Å². The standard InChI is InChI=1S/C13H21N3O4S/c1-10-14-9-11(15-10)21(19,20)16(2)13(8-12(17)18)6-4-3-5-7-13/h9H,3-8H2,1-2H3,(H,14,15)(H,17,18). The summed E-state index contributed by atoms with van der Waals surface area (Å²) in [5, 5.41) is 9.19. The number of aromatic nitrogens is 2. The Kier molecular flexibility index (Phi) is 4.38. The summed E-state index contributed by atoms with van der Waals surface area (Å²) in [6, 6.07) is 0. The first kappa shape index (κ1) is 16.0. The Balaban J connectivity index is 2.37. The Hall–Kier alpha value is -1.41. The van der Waals surface area contributed by atoms with Gasteiger partial charge in [0.05, 0.1) is 12.6 Å². The van der Waals surface area contributed by atoms with Crippen LogP contribution in [0.2, 0.25) is 0 Å². The van der Waals surface area contributed by atoms with Gasteiger partial charge in [-0.15, -0.1) is 0 Å². The van der Waals surface area contributed by atoms with Crippen LogP contribution < -0.4 is 0 Å². The molecule has 1 heterocycles. The molecule has 1 aromatic rings. The molecule has 0 radical (unpaired) electrons. The molecule has 0 saturated heterocycles. The van der Waals surface area contributed by atoms with Crippen molar-refractivity contribution in [3.8, 4) is 0 Å². The lowest BCUT2D eigenvalue weighted by molar-refractivity contribution is -0.140. The van der Waals surface area contributed by atoms with Crippen LogP contribution in [0.3, 0.4) is 0 Å². The summed E-state index contributed by atoms with van der Waals surface area (Å²) in [4.78, 5) is 17.8. The molecule has 0 unspecified atom stereocenters. The highest BCUT2D eigenvalue weighted by Crippen LogP contribution is 2.38. The number of hydrogen-bond donors (Lipinski definition) is 2. The van der Waals surface area contributed by atoms with Gasteiger partial charge in [-0.25, -0.2) is 13.4 Å². The van der Waals surface area contributed by atoms with Gasteiger partial charge in [-0.1, -0.05) is 19.3 Å². The van der Waals surface area contributed by atoms with Gasteiger partial charge in [0.1, 0.15) is 5.82 Å². The van der Waals surface area contributed by atoms with E-state index in [9.17, 15) is 18.3 Å². The zero-order valence-corrected chi connectivity index (χ0v) is 13.1. The molecule has 1 aliphatic carbocycles. The van der Waals surface area contributed by atoms with Crippen molar-refractivity contribution in [3.63, 3.8) is 0 Å². The van der Waals surface area contributed by atoms with Gasteiger partial charge in [-0.2, -0.15) is 4.31 Å². The highest BCUT2D eigenvalue weighted by atomic mass is 32.2. The van der Waals surface area contributed by atoms with E-state index in [0.717, 1.165) is 19.3 Å². The van der Waals surface area contributed by atoms with Gasteiger partial charge in [0, 0.05) is 12.6 Å². The summed E-state index contributed by atoms with van der Waals surface area (Å²) in [5.74, 6) is -0.461. The number of rotatable bonds is 5. The highest BCUT2D eigenvalue weighted by Gasteiger charge is 2.44. The molecule has 0 bridgehead atoms. The Morgan fingerprint density at radius 2 is 2.05 bits per heavy atom. The zero-order chi connectivity index (χ0) is 15.7. The van der Waals surface area contributed by atoms with Gasteiger partial charge in [-0.05, 0) is 19.8 Å². The number of hydrogen-bond acceptors (Lipinski definition) is 4. The lowest BCUT2D eigenvalue weighted by atomic mass is 9.79. The van der Waals surface area contributed by atoms with Crippen molar-refractivity contribution in [1.82, 2.24) is 14.3 Å². The molecule has 0 spiro atoms. The monoisotopic (exact) mass is 315 g/mol. The van der Waals surface area contributed by atoms with E-state index in [1.54, 1.807) is 6.92 Å². The number of nitrogens with zero attached hydrogens (tertiary/aromatic N) is 2. The number of sulfonamides is 1. The lowest BCUT2D eigenvalue weighted by Gasteiger charge is -2.42. The van der Waals surface area contributed by atoms with Crippen LogP contribution in [0.1, 0.15) is 44.3 Å². The van der Waals surface area contributed by atoms with Crippen molar-refractivity contribution in [2.75, 3.05) is 7.05 Å². The second-order valence-electron chi connectivity index (χ2n) is 5.66. The molecular weight excluding hydrogens is 294 g/mol. The first-order chi connectivity index (χ1) is 9.78. The largest absolute Gasteiger partial charge is 0.481 e. The number of aliphatic carboxylic acids is 1. The third-order valence-electron chi connectivity index (χ3n) is 4.25. The van der Waals surface area contributed by atoms with Crippen molar-refractivity contribution < 1.29 is 18.3 Å². The smallest absolute Gasteiger partial charge is 0.305 e. The maximum atomic E-state index is 12.7. The number of carbonyl (C=O) groups is 1. The zero-order valence-electron chi connectivity index (χ0n) is 12.3. The number of aryl methyl sites for hydroxylation is 1. The maximum Gasteiger partial charge on any atom is 0.305 e. The summed E-state index contributed by atoms with van der Waals surface area (Å²) in [6.45, 7) is 1.67. The second kappa shape index (κ2) is 5.76. The quantitative estimate of drug-likeness (QED) is 0.857. The van der Waals surface area contributed by atoms with E-state index in [4.69, 9.17) is 0 Å². The molecule has 0 aliphatic heterocycles. The minimum atomic E-state index is -3.77. The highest BCUT2D eigenvalue weighted by molar-refractivity contribution is 7.89. The third-order valence-corrected chi connectivity index (χ3v) is 6.12. The van der Waals surface area contributed by atoms with Gasteiger partial charge < -0.3 is 10.1 Å². The number of nitrogens with one attached hydrogen (secondary N) is 1. The van der Waals surface area contributed by atoms with Crippen LogP contribution in [0.4, 0.5) is 0 Å². The van der Waals surface area contributed by atoms with E-state index in [2.05, 4.69) is 9.97 Å². The molecule has 1 aliphatic rings. The van der Waals surface area contributed by atoms with Gasteiger partial charge in [0.2, 0.25) is 0 Å². The first-order valence-electron chi connectivity index (χ1n) is 7.00. The average Bonchev–Trinajstić information content (AvgIpc) is 2.85. The molecule has 2 N–H and O–H groups in total. The molecule has 118 valence electrons. The van der Waals surface area contributed by atoms with Crippen LogP contribution >= 0.6 is 0 Å². The van der Waals surface area contributed by atoms with Gasteiger partial charge in [0.15, 0.2) is 5.03 Å². The van der Waals surface area contributed by atoms with Crippen molar-refractivity contribution in [3.05, 3.63) is 12.0 Å². The van der Waals surface area contributed by atoms with Crippen LogP contribution in [0.15, 0.2) is 11.2 Å².